The fourth-order valence-electron chi connectivity index (χ4n) is 3.66. The van der Waals surface area contributed by atoms with Crippen LogP contribution >= 0.6 is 0 Å². The average Bonchev–Trinajstić information content (AvgIpc) is 2.83. The predicted molar refractivity (Wildman–Crippen MR) is 88.2 cm³/mol. The maximum Gasteiger partial charge on any atom is 0.0951 e. The molecule has 1 saturated heterocycles. The van der Waals surface area contributed by atoms with E-state index >= 15 is 0 Å². The smallest absolute Gasteiger partial charge is 0.0951 e. The first-order chi connectivity index (χ1) is 10.2. The topological polar surface area (TPSA) is 47.1 Å². The summed E-state index contributed by atoms with van der Waals surface area (Å²) in [4.78, 5) is 6.94. The van der Waals surface area contributed by atoms with Gasteiger partial charge in [0.05, 0.1) is 18.1 Å². The van der Waals surface area contributed by atoms with Crippen LogP contribution in [0.15, 0.2) is 12.5 Å². The van der Waals surface area contributed by atoms with E-state index in [1.54, 1.807) is 0 Å². The lowest BCUT2D eigenvalue weighted by Gasteiger charge is -2.31. The van der Waals surface area contributed by atoms with Crippen LogP contribution in [-0.2, 0) is 0 Å². The second-order valence-corrected chi connectivity index (χ2v) is 6.69. The molecule has 2 heterocycles. The minimum atomic E-state index is 0.315. The Labute approximate surface area is 129 Å². The van der Waals surface area contributed by atoms with Crippen molar-refractivity contribution in [2.75, 3.05) is 19.6 Å². The Kier molecular flexibility index (Phi) is 6.24. The molecule has 0 aliphatic carbocycles. The molecule has 0 aromatic carbocycles. The molecular formula is C17H32N4. The fourth-order valence-corrected chi connectivity index (χ4v) is 3.66. The highest BCUT2D eigenvalue weighted by Crippen LogP contribution is 2.28. The van der Waals surface area contributed by atoms with Crippen LogP contribution in [0.3, 0.4) is 0 Å². The number of aromatic nitrogens is 2. The third-order valence-corrected chi connectivity index (χ3v) is 4.84. The van der Waals surface area contributed by atoms with E-state index in [9.17, 15) is 0 Å². The molecular weight excluding hydrogens is 260 g/mol. The molecule has 1 aliphatic rings. The molecule has 4 heteroatoms. The van der Waals surface area contributed by atoms with E-state index in [1.807, 2.05) is 12.5 Å². The first-order valence-electron chi connectivity index (χ1n) is 8.63. The van der Waals surface area contributed by atoms with Crippen molar-refractivity contribution in [3.8, 4) is 0 Å². The van der Waals surface area contributed by atoms with Crippen molar-refractivity contribution in [3.05, 3.63) is 18.2 Å². The maximum atomic E-state index is 6.13. The molecule has 1 aliphatic heterocycles. The van der Waals surface area contributed by atoms with Crippen LogP contribution in [0, 0.1) is 5.92 Å². The van der Waals surface area contributed by atoms with Gasteiger partial charge in [-0.1, -0.05) is 19.8 Å². The lowest BCUT2D eigenvalue weighted by atomic mass is 9.96. The molecule has 0 bridgehead atoms. The molecule has 4 nitrogen and oxygen atoms in total. The SMILES string of the molecule is CCCC1CCCN(C(CN)c2cncn2C(C)C)CC1. The van der Waals surface area contributed by atoms with E-state index in [0.717, 1.165) is 5.92 Å². The van der Waals surface area contributed by atoms with Gasteiger partial charge in [-0.05, 0) is 52.1 Å². The normalized spacial score (nSPS) is 22.4. The molecule has 2 N–H and O–H groups in total. The van der Waals surface area contributed by atoms with Crippen molar-refractivity contribution >= 4 is 0 Å². The lowest BCUT2D eigenvalue weighted by molar-refractivity contribution is 0.197. The summed E-state index contributed by atoms with van der Waals surface area (Å²) in [5, 5.41) is 0. The minimum Gasteiger partial charge on any atom is -0.331 e. The van der Waals surface area contributed by atoms with E-state index in [-0.39, 0.29) is 0 Å². The van der Waals surface area contributed by atoms with Crippen LogP contribution < -0.4 is 5.73 Å². The molecule has 0 radical (unpaired) electrons. The minimum absolute atomic E-state index is 0.315. The highest BCUT2D eigenvalue weighted by atomic mass is 15.2. The zero-order chi connectivity index (χ0) is 15.2. The molecule has 2 atom stereocenters. The molecule has 0 amide bonds. The van der Waals surface area contributed by atoms with Gasteiger partial charge in [0.1, 0.15) is 0 Å². The molecule has 1 aromatic heterocycles. The number of likely N-dealkylation sites (tertiary alicyclic amines) is 1. The van der Waals surface area contributed by atoms with Gasteiger partial charge in [-0.3, -0.25) is 4.90 Å². The van der Waals surface area contributed by atoms with E-state index in [1.165, 1.54) is 50.9 Å². The second-order valence-electron chi connectivity index (χ2n) is 6.69. The van der Waals surface area contributed by atoms with Crippen molar-refractivity contribution in [2.24, 2.45) is 11.7 Å². The number of hydrogen-bond acceptors (Lipinski definition) is 3. The Morgan fingerprint density at radius 3 is 2.81 bits per heavy atom. The number of hydrogen-bond donors (Lipinski definition) is 1. The summed E-state index contributed by atoms with van der Waals surface area (Å²) < 4.78 is 2.27. The van der Waals surface area contributed by atoms with Crippen molar-refractivity contribution in [3.63, 3.8) is 0 Å². The van der Waals surface area contributed by atoms with Gasteiger partial charge in [0.15, 0.2) is 0 Å². The quantitative estimate of drug-likeness (QED) is 0.874. The zero-order valence-electron chi connectivity index (χ0n) is 14.0. The summed E-state index contributed by atoms with van der Waals surface area (Å²) in [5.74, 6) is 0.911. The van der Waals surface area contributed by atoms with Gasteiger partial charge < -0.3 is 10.3 Å². The summed E-state index contributed by atoms with van der Waals surface area (Å²) in [5.41, 5.74) is 7.40. The van der Waals surface area contributed by atoms with Crippen LogP contribution in [0.2, 0.25) is 0 Å². The zero-order valence-corrected chi connectivity index (χ0v) is 14.0. The fraction of sp³-hybridized carbons (Fsp3) is 0.824. The summed E-state index contributed by atoms with van der Waals surface area (Å²) in [6, 6.07) is 0.756. The average molecular weight is 292 g/mol. The molecule has 21 heavy (non-hydrogen) atoms. The van der Waals surface area contributed by atoms with E-state index < -0.39 is 0 Å². The predicted octanol–water partition coefficient (Wildman–Crippen LogP) is 3.37. The van der Waals surface area contributed by atoms with Crippen LogP contribution in [0.25, 0.3) is 0 Å². The van der Waals surface area contributed by atoms with Gasteiger partial charge in [0.25, 0.3) is 0 Å². The van der Waals surface area contributed by atoms with Crippen molar-refractivity contribution < 1.29 is 0 Å². The molecule has 2 unspecified atom stereocenters. The monoisotopic (exact) mass is 292 g/mol. The largest absolute Gasteiger partial charge is 0.331 e. The third kappa shape index (κ3) is 4.07. The maximum absolute atomic E-state index is 6.13. The first-order valence-corrected chi connectivity index (χ1v) is 8.63. The van der Waals surface area contributed by atoms with Crippen LogP contribution in [-0.4, -0.2) is 34.1 Å². The number of nitrogens with zero attached hydrogens (tertiary/aromatic N) is 3. The van der Waals surface area contributed by atoms with Crippen LogP contribution in [0.1, 0.15) is 70.7 Å². The van der Waals surface area contributed by atoms with Crippen molar-refractivity contribution in [1.82, 2.24) is 14.5 Å². The summed E-state index contributed by atoms with van der Waals surface area (Å²) >= 11 is 0. The van der Waals surface area contributed by atoms with E-state index in [2.05, 4.69) is 35.2 Å². The number of nitrogens with two attached hydrogens (primary N) is 1. The van der Waals surface area contributed by atoms with Gasteiger partial charge in [0, 0.05) is 18.8 Å². The summed E-state index contributed by atoms with van der Waals surface area (Å²) in [6.07, 6.45) is 10.6. The second kappa shape index (κ2) is 7.95. The van der Waals surface area contributed by atoms with Gasteiger partial charge in [0.2, 0.25) is 0 Å². The molecule has 1 aromatic rings. The Morgan fingerprint density at radius 2 is 2.14 bits per heavy atom. The number of imidazole rings is 1. The Balaban J connectivity index is 2.08. The highest BCUT2D eigenvalue weighted by molar-refractivity contribution is 5.08. The molecule has 2 rings (SSSR count). The van der Waals surface area contributed by atoms with Gasteiger partial charge in [-0.25, -0.2) is 4.98 Å². The standard InChI is InChI=1S/C17H32N4/c1-4-6-15-7-5-9-20(10-8-15)16(11-18)17-12-19-13-21(17)14(2)3/h12-16H,4-11,18H2,1-3H3. The Morgan fingerprint density at radius 1 is 1.33 bits per heavy atom. The van der Waals surface area contributed by atoms with E-state index in [4.69, 9.17) is 5.73 Å². The van der Waals surface area contributed by atoms with Gasteiger partial charge in [-0.2, -0.15) is 0 Å². The highest BCUT2D eigenvalue weighted by Gasteiger charge is 2.25. The van der Waals surface area contributed by atoms with Crippen LogP contribution in [0.5, 0.6) is 0 Å². The molecule has 0 spiro atoms. The summed E-state index contributed by atoms with van der Waals surface area (Å²) in [7, 11) is 0. The van der Waals surface area contributed by atoms with Gasteiger partial charge >= 0.3 is 0 Å². The third-order valence-electron chi connectivity index (χ3n) is 4.84. The lowest BCUT2D eigenvalue weighted by Crippen LogP contribution is -2.36. The molecule has 120 valence electrons. The van der Waals surface area contributed by atoms with Crippen molar-refractivity contribution in [1.29, 1.82) is 0 Å². The molecule has 0 saturated carbocycles. The first kappa shape index (κ1) is 16.5. The van der Waals surface area contributed by atoms with E-state index in [0.29, 0.717) is 18.6 Å². The number of rotatable bonds is 6. The Hall–Kier alpha value is -0.870. The van der Waals surface area contributed by atoms with Crippen LogP contribution in [0.4, 0.5) is 0 Å². The summed E-state index contributed by atoms with van der Waals surface area (Å²) in [6.45, 7) is 9.74. The van der Waals surface area contributed by atoms with Gasteiger partial charge in [-0.15, -0.1) is 0 Å². The molecule has 1 fully saturated rings. The Bertz CT molecular complexity index is 413. The van der Waals surface area contributed by atoms with Crippen molar-refractivity contribution in [2.45, 2.75) is 65.0 Å².